The van der Waals surface area contributed by atoms with Gasteiger partial charge in [0.05, 0.1) is 11.9 Å². The highest BCUT2D eigenvalue weighted by Gasteiger charge is 2.32. The second-order valence-corrected chi connectivity index (χ2v) is 5.66. The van der Waals surface area contributed by atoms with E-state index < -0.39 is 0 Å². The summed E-state index contributed by atoms with van der Waals surface area (Å²) in [4.78, 5) is 23.0. The van der Waals surface area contributed by atoms with Crippen LogP contribution in [0.1, 0.15) is 32.4 Å². The zero-order chi connectivity index (χ0) is 13.9. The number of Topliss-reactive ketones (excluding diaryl/α,β-unsaturated/α-hetero) is 1. The van der Waals surface area contributed by atoms with Gasteiger partial charge >= 0.3 is 0 Å². The van der Waals surface area contributed by atoms with Gasteiger partial charge in [0, 0.05) is 43.9 Å². The Kier molecular flexibility index (Phi) is 3.83. The lowest BCUT2D eigenvalue weighted by atomic mass is 9.77. The van der Waals surface area contributed by atoms with E-state index in [1.165, 1.54) is 6.21 Å². The zero-order valence-corrected chi connectivity index (χ0v) is 11.3. The Morgan fingerprint density at radius 2 is 2.32 bits per heavy atom. The Bertz CT molecular complexity index is 513. The molecule has 1 aliphatic carbocycles. The van der Waals surface area contributed by atoms with E-state index in [4.69, 9.17) is 0 Å². The molecule has 0 saturated heterocycles. The van der Waals surface area contributed by atoms with Crippen LogP contribution in [0, 0.1) is 5.41 Å². The Hall–Kier alpha value is -1.91. The van der Waals surface area contributed by atoms with Gasteiger partial charge in [0.25, 0.3) is 0 Å². The summed E-state index contributed by atoms with van der Waals surface area (Å²) in [7, 11) is 0. The predicted octanol–water partition coefficient (Wildman–Crippen LogP) is 2.22. The third-order valence-electron chi connectivity index (χ3n) is 3.18. The molecule has 0 unspecified atom stereocenters. The van der Waals surface area contributed by atoms with Gasteiger partial charge in [0.15, 0.2) is 5.78 Å². The number of aromatic amines is 1. The minimum absolute atomic E-state index is 0.0287. The van der Waals surface area contributed by atoms with Crippen LogP contribution in [0.25, 0.3) is 0 Å². The van der Waals surface area contributed by atoms with Crippen molar-refractivity contribution >= 4 is 12.0 Å². The molecule has 0 atom stereocenters. The summed E-state index contributed by atoms with van der Waals surface area (Å²) in [6.07, 6.45) is 6.60. The molecule has 5 nitrogen and oxygen atoms in total. The molecule has 2 N–H and O–H groups in total. The fraction of sp³-hybridized carbons (Fsp3) is 0.500. The molecule has 102 valence electrons. The maximum absolute atomic E-state index is 11.9. The quantitative estimate of drug-likeness (QED) is 0.816. The summed E-state index contributed by atoms with van der Waals surface area (Å²) in [5.41, 5.74) is 1.21. The maximum atomic E-state index is 11.9. The first kappa shape index (κ1) is 13.5. The molecule has 0 spiro atoms. The molecular weight excluding hydrogens is 242 g/mol. The second kappa shape index (κ2) is 5.38. The van der Waals surface area contributed by atoms with Crippen LogP contribution < -0.4 is 0 Å². The zero-order valence-electron chi connectivity index (χ0n) is 11.3. The van der Waals surface area contributed by atoms with Crippen molar-refractivity contribution in [3.63, 3.8) is 0 Å². The van der Waals surface area contributed by atoms with Gasteiger partial charge in [-0.1, -0.05) is 13.8 Å². The number of allylic oxidation sites excluding steroid dienone is 2. The Balaban J connectivity index is 1.96. The first-order chi connectivity index (χ1) is 8.98. The molecule has 19 heavy (non-hydrogen) atoms. The van der Waals surface area contributed by atoms with E-state index in [-0.39, 0.29) is 17.0 Å². The smallest absolute Gasteiger partial charge is 0.168 e. The highest BCUT2D eigenvalue weighted by Crippen LogP contribution is 2.35. The number of aliphatic imine (C=N–C) groups is 1. The number of nitrogens with zero attached hydrogens (tertiary/aromatic N) is 2. The van der Waals surface area contributed by atoms with Crippen molar-refractivity contribution in [2.75, 3.05) is 6.54 Å². The fourth-order valence-electron chi connectivity index (χ4n) is 2.21. The normalized spacial score (nSPS) is 19.4. The topological polar surface area (TPSA) is 78.3 Å². The van der Waals surface area contributed by atoms with E-state index >= 15 is 0 Å². The van der Waals surface area contributed by atoms with Crippen LogP contribution in [-0.2, 0) is 11.2 Å². The number of carbonyl (C=O) groups is 1. The lowest BCUT2D eigenvalue weighted by Crippen LogP contribution is -2.26. The monoisotopic (exact) mass is 261 g/mol. The number of aliphatic hydroxyl groups excluding tert-OH is 1. The van der Waals surface area contributed by atoms with Gasteiger partial charge in [-0.15, -0.1) is 0 Å². The molecule has 0 aliphatic heterocycles. The summed E-state index contributed by atoms with van der Waals surface area (Å²) >= 11 is 0. The van der Waals surface area contributed by atoms with Gasteiger partial charge in [0.1, 0.15) is 5.76 Å². The molecule has 1 aromatic rings. The SMILES string of the molecule is CC1(C)CC(=O)C(C=NCCc2cnc[nH]2)=C(O)C1. The highest BCUT2D eigenvalue weighted by molar-refractivity contribution is 6.14. The summed E-state index contributed by atoms with van der Waals surface area (Å²) in [5, 5.41) is 9.91. The van der Waals surface area contributed by atoms with Gasteiger partial charge in [-0.2, -0.15) is 0 Å². The minimum Gasteiger partial charge on any atom is -0.511 e. The maximum Gasteiger partial charge on any atom is 0.168 e. The van der Waals surface area contributed by atoms with Gasteiger partial charge in [-0.05, 0) is 5.41 Å². The van der Waals surface area contributed by atoms with E-state index in [0.29, 0.717) is 25.0 Å². The van der Waals surface area contributed by atoms with Crippen LogP contribution in [0.3, 0.4) is 0 Å². The standard InChI is InChI=1S/C14H19N3O2/c1-14(2)5-12(18)11(13(19)6-14)8-15-4-3-10-7-16-9-17-10/h7-9,18H,3-6H2,1-2H3,(H,16,17). The minimum atomic E-state index is -0.158. The van der Waals surface area contributed by atoms with Crippen molar-refractivity contribution in [1.82, 2.24) is 9.97 Å². The van der Waals surface area contributed by atoms with Crippen molar-refractivity contribution in [1.29, 1.82) is 0 Å². The Labute approximate surface area is 112 Å². The molecular formula is C14H19N3O2. The number of H-pyrrole nitrogens is 1. The van der Waals surface area contributed by atoms with E-state index in [1.807, 2.05) is 13.8 Å². The molecule has 0 saturated carbocycles. The Morgan fingerprint density at radius 3 is 2.95 bits per heavy atom. The average Bonchev–Trinajstić information content (AvgIpc) is 2.78. The summed E-state index contributed by atoms with van der Waals surface area (Å²) in [5.74, 6) is 0.130. The van der Waals surface area contributed by atoms with E-state index in [9.17, 15) is 9.90 Å². The highest BCUT2D eigenvalue weighted by atomic mass is 16.3. The van der Waals surface area contributed by atoms with Gasteiger partial charge in [0.2, 0.25) is 0 Å². The first-order valence-corrected chi connectivity index (χ1v) is 6.40. The number of rotatable bonds is 4. The number of hydrogen-bond donors (Lipinski definition) is 2. The van der Waals surface area contributed by atoms with Crippen LogP contribution in [0.5, 0.6) is 0 Å². The molecule has 0 amide bonds. The Morgan fingerprint density at radius 1 is 1.53 bits per heavy atom. The fourth-order valence-corrected chi connectivity index (χ4v) is 2.21. The number of ketones is 1. The van der Waals surface area contributed by atoms with Crippen molar-refractivity contribution in [2.45, 2.75) is 33.1 Å². The van der Waals surface area contributed by atoms with Crippen molar-refractivity contribution in [3.8, 4) is 0 Å². The van der Waals surface area contributed by atoms with Gasteiger partial charge in [-0.25, -0.2) is 4.98 Å². The number of carbonyl (C=O) groups excluding carboxylic acids is 1. The lowest BCUT2D eigenvalue weighted by molar-refractivity contribution is -0.117. The van der Waals surface area contributed by atoms with E-state index in [2.05, 4.69) is 15.0 Å². The summed E-state index contributed by atoms with van der Waals surface area (Å²) in [6, 6.07) is 0. The molecule has 0 bridgehead atoms. The average molecular weight is 261 g/mol. The van der Waals surface area contributed by atoms with E-state index in [0.717, 1.165) is 12.1 Å². The van der Waals surface area contributed by atoms with Crippen LogP contribution in [-0.4, -0.2) is 33.6 Å². The second-order valence-electron chi connectivity index (χ2n) is 5.66. The van der Waals surface area contributed by atoms with Crippen molar-refractivity contribution < 1.29 is 9.90 Å². The summed E-state index contributed by atoms with van der Waals surface area (Å²) < 4.78 is 0. The molecule has 1 aliphatic rings. The predicted molar refractivity (Wildman–Crippen MR) is 73.3 cm³/mol. The number of imidazole rings is 1. The van der Waals surface area contributed by atoms with Crippen LogP contribution >= 0.6 is 0 Å². The lowest BCUT2D eigenvalue weighted by Gasteiger charge is -2.28. The molecule has 5 heteroatoms. The molecule has 0 aromatic carbocycles. The molecule has 1 aromatic heterocycles. The van der Waals surface area contributed by atoms with Crippen molar-refractivity contribution in [3.05, 3.63) is 29.6 Å². The third-order valence-corrected chi connectivity index (χ3v) is 3.18. The number of nitrogens with one attached hydrogen (secondary N) is 1. The van der Waals surface area contributed by atoms with Gasteiger partial charge in [-0.3, -0.25) is 9.79 Å². The van der Waals surface area contributed by atoms with E-state index in [1.54, 1.807) is 12.5 Å². The number of hydrogen-bond acceptors (Lipinski definition) is 4. The van der Waals surface area contributed by atoms with Crippen LogP contribution in [0.4, 0.5) is 0 Å². The molecule has 0 fully saturated rings. The summed E-state index contributed by atoms with van der Waals surface area (Å²) in [6.45, 7) is 4.52. The van der Waals surface area contributed by atoms with Crippen LogP contribution in [0.2, 0.25) is 0 Å². The van der Waals surface area contributed by atoms with Gasteiger partial charge < -0.3 is 10.1 Å². The largest absolute Gasteiger partial charge is 0.511 e. The molecule has 1 heterocycles. The van der Waals surface area contributed by atoms with Crippen molar-refractivity contribution in [2.24, 2.45) is 10.4 Å². The molecule has 2 rings (SSSR count). The third kappa shape index (κ3) is 3.53. The van der Waals surface area contributed by atoms with Crippen LogP contribution in [0.15, 0.2) is 28.8 Å². The number of aliphatic hydroxyl groups is 1. The number of aromatic nitrogens is 2. The molecule has 0 radical (unpaired) electrons. The first-order valence-electron chi connectivity index (χ1n) is 6.40.